The lowest BCUT2D eigenvalue weighted by Crippen LogP contribution is -2.43. The van der Waals surface area contributed by atoms with E-state index in [9.17, 15) is 9.59 Å². The maximum atomic E-state index is 12.9. The molecule has 6 heteroatoms. The van der Waals surface area contributed by atoms with E-state index in [0.29, 0.717) is 11.5 Å². The molecule has 0 spiro atoms. The largest absolute Gasteiger partial charge is 0.493 e. The van der Waals surface area contributed by atoms with Crippen molar-refractivity contribution in [3.8, 4) is 11.5 Å². The van der Waals surface area contributed by atoms with E-state index in [4.69, 9.17) is 9.47 Å². The van der Waals surface area contributed by atoms with Crippen molar-refractivity contribution in [2.75, 3.05) is 14.2 Å². The molecule has 3 aromatic carbocycles. The van der Waals surface area contributed by atoms with Crippen LogP contribution in [0.5, 0.6) is 11.5 Å². The van der Waals surface area contributed by atoms with Crippen molar-refractivity contribution in [3.05, 3.63) is 102 Å². The summed E-state index contributed by atoms with van der Waals surface area (Å²) in [6.45, 7) is 0. The molecule has 0 fully saturated rings. The zero-order chi connectivity index (χ0) is 22.1. The molecule has 0 aromatic heterocycles. The number of hydrazine groups is 1. The lowest BCUT2D eigenvalue weighted by Gasteiger charge is -2.17. The standard InChI is InChI=1S/C25H24N2O4/c1-30-21-15-13-18(17-22(21)31-2)14-16-23(28)26-27-25(29)24(19-9-5-3-6-10-19)20-11-7-4-8-12-20/h3-17,24H,1-2H3,(H,26,28)(H,27,29). The molecule has 6 nitrogen and oxygen atoms in total. The van der Waals surface area contributed by atoms with Crippen molar-refractivity contribution in [2.24, 2.45) is 0 Å². The minimum Gasteiger partial charge on any atom is -0.493 e. The third-order valence-corrected chi connectivity index (χ3v) is 4.67. The molecule has 158 valence electrons. The zero-order valence-electron chi connectivity index (χ0n) is 17.4. The van der Waals surface area contributed by atoms with Gasteiger partial charge in [0.05, 0.1) is 20.1 Å². The summed E-state index contributed by atoms with van der Waals surface area (Å²) in [6.07, 6.45) is 2.96. The Morgan fingerprint density at radius 3 is 1.90 bits per heavy atom. The Labute approximate surface area is 181 Å². The van der Waals surface area contributed by atoms with Crippen LogP contribution in [0, 0.1) is 0 Å². The van der Waals surface area contributed by atoms with E-state index in [2.05, 4.69) is 10.9 Å². The summed E-state index contributed by atoms with van der Waals surface area (Å²) in [6, 6.07) is 24.1. The summed E-state index contributed by atoms with van der Waals surface area (Å²) in [4.78, 5) is 25.1. The molecule has 3 aromatic rings. The average Bonchev–Trinajstić information content (AvgIpc) is 2.82. The van der Waals surface area contributed by atoms with Gasteiger partial charge in [0.25, 0.3) is 5.91 Å². The van der Waals surface area contributed by atoms with Crippen molar-refractivity contribution in [1.82, 2.24) is 10.9 Å². The van der Waals surface area contributed by atoms with E-state index in [1.54, 1.807) is 38.5 Å². The molecule has 3 rings (SSSR count). The van der Waals surface area contributed by atoms with E-state index in [1.165, 1.54) is 6.08 Å². The van der Waals surface area contributed by atoms with Crippen LogP contribution in [0.2, 0.25) is 0 Å². The summed E-state index contributed by atoms with van der Waals surface area (Å²) in [5, 5.41) is 0. The lowest BCUT2D eigenvalue weighted by atomic mass is 9.91. The second-order valence-corrected chi connectivity index (χ2v) is 6.68. The molecule has 2 amide bonds. The third-order valence-electron chi connectivity index (χ3n) is 4.67. The molecule has 0 saturated heterocycles. The number of nitrogens with one attached hydrogen (secondary N) is 2. The Hall–Kier alpha value is -4.06. The fourth-order valence-corrected chi connectivity index (χ4v) is 3.15. The van der Waals surface area contributed by atoms with Gasteiger partial charge in [-0.25, -0.2) is 0 Å². The Morgan fingerprint density at radius 1 is 0.774 bits per heavy atom. The molecular weight excluding hydrogens is 392 g/mol. The smallest absolute Gasteiger partial charge is 0.262 e. The molecule has 0 unspecified atom stereocenters. The number of hydrogen-bond acceptors (Lipinski definition) is 4. The zero-order valence-corrected chi connectivity index (χ0v) is 17.4. The van der Waals surface area contributed by atoms with Gasteiger partial charge >= 0.3 is 0 Å². The first kappa shape index (κ1) is 21.6. The predicted molar refractivity (Wildman–Crippen MR) is 120 cm³/mol. The Morgan fingerprint density at radius 2 is 1.35 bits per heavy atom. The number of ether oxygens (including phenoxy) is 2. The minimum atomic E-state index is -0.544. The van der Waals surface area contributed by atoms with Crippen molar-refractivity contribution >= 4 is 17.9 Å². The van der Waals surface area contributed by atoms with Crippen LogP contribution >= 0.6 is 0 Å². The number of methoxy groups -OCH3 is 2. The highest BCUT2D eigenvalue weighted by atomic mass is 16.5. The third kappa shape index (κ3) is 5.73. The predicted octanol–water partition coefficient (Wildman–Crippen LogP) is 3.70. The molecule has 0 bridgehead atoms. The number of carbonyl (C=O) groups excluding carboxylic acids is 2. The highest BCUT2D eigenvalue weighted by Crippen LogP contribution is 2.28. The van der Waals surface area contributed by atoms with Gasteiger partial charge in [0.1, 0.15) is 0 Å². The number of hydrogen-bond donors (Lipinski definition) is 2. The van der Waals surface area contributed by atoms with Crippen LogP contribution in [0.3, 0.4) is 0 Å². The summed E-state index contributed by atoms with van der Waals surface area (Å²) >= 11 is 0. The van der Waals surface area contributed by atoms with E-state index < -0.39 is 11.8 Å². The maximum Gasteiger partial charge on any atom is 0.262 e. The summed E-state index contributed by atoms with van der Waals surface area (Å²) in [7, 11) is 3.10. The van der Waals surface area contributed by atoms with Crippen LogP contribution in [-0.4, -0.2) is 26.0 Å². The van der Waals surface area contributed by atoms with Gasteiger partial charge < -0.3 is 9.47 Å². The van der Waals surface area contributed by atoms with Crippen LogP contribution in [-0.2, 0) is 9.59 Å². The number of carbonyl (C=O) groups is 2. The monoisotopic (exact) mass is 416 g/mol. The van der Waals surface area contributed by atoms with Crippen molar-refractivity contribution in [2.45, 2.75) is 5.92 Å². The Bertz CT molecular complexity index is 1010. The fourth-order valence-electron chi connectivity index (χ4n) is 3.15. The summed E-state index contributed by atoms with van der Waals surface area (Å²) in [5.41, 5.74) is 7.39. The second kappa shape index (κ2) is 10.6. The van der Waals surface area contributed by atoms with Crippen LogP contribution in [0.15, 0.2) is 84.9 Å². The Kier molecular flexibility index (Phi) is 7.43. The van der Waals surface area contributed by atoms with Crippen LogP contribution in [0.4, 0.5) is 0 Å². The molecule has 0 aliphatic carbocycles. The molecule has 0 aliphatic heterocycles. The SMILES string of the molecule is COc1ccc(C=CC(=O)NNC(=O)C(c2ccccc2)c2ccccc2)cc1OC. The molecule has 0 saturated carbocycles. The lowest BCUT2D eigenvalue weighted by molar-refractivity contribution is -0.127. The first-order valence-corrected chi connectivity index (χ1v) is 9.72. The number of rotatable bonds is 7. The quantitative estimate of drug-likeness (QED) is 0.455. The molecule has 31 heavy (non-hydrogen) atoms. The molecular formula is C25H24N2O4. The van der Waals surface area contributed by atoms with Gasteiger partial charge in [-0.1, -0.05) is 66.7 Å². The van der Waals surface area contributed by atoms with Crippen molar-refractivity contribution in [1.29, 1.82) is 0 Å². The van der Waals surface area contributed by atoms with E-state index in [1.807, 2.05) is 60.7 Å². The molecule has 0 radical (unpaired) electrons. The van der Waals surface area contributed by atoms with Crippen molar-refractivity contribution < 1.29 is 19.1 Å². The maximum absolute atomic E-state index is 12.9. The average molecular weight is 416 g/mol. The molecule has 2 N–H and O–H groups in total. The second-order valence-electron chi connectivity index (χ2n) is 6.68. The normalized spacial score (nSPS) is 10.7. The highest BCUT2D eigenvalue weighted by molar-refractivity contribution is 5.94. The molecule has 0 heterocycles. The number of benzene rings is 3. The minimum absolute atomic E-state index is 0.328. The van der Waals surface area contributed by atoms with Crippen LogP contribution in [0.25, 0.3) is 6.08 Å². The van der Waals surface area contributed by atoms with Gasteiger partial charge in [-0.15, -0.1) is 0 Å². The van der Waals surface area contributed by atoms with Gasteiger partial charge in [0, 0.05) is 6.08 Å². The van der Waals surface area contributed by atoms with Gasteiger partial charge in [-0.05, 0) is 34.9 Å². The van der Waals surface area contributed by atoms with Crippen LogP contribution < -0.4 is 20.3 Å². The van der Waals surface area contributed by atoms with Crippen LogP contribution in [0.1, 0.15) is 22.6 Å². The molecule has 0 atom stereocenters. The number of amides is 2. The van der Waals surface area contributed by atoms with Gasteiger partial charge in [-0.2, -0.15) is 0 Å². The highest BCUT2D eigenvalue weighted by Gasteiger charge is 2.22. The Balaban J connectivity index is 1.67. The van der Waals surface area contributed by atoms with Crippen molar-refractivity contribution in [3.63, 3.8) is 0 Å². The first-order chi connectivity index (χ1) is 15.1. The summed E-state index contributed by atoms with van der Waals surface area (Å²) < 4.78 is 10.5. The summed E-state index contributed by atoms with van der Waals surface area (Å²) in [5.74, 6) is -0.165. The van der Waals surface area contributed by atoms with E-state index in [0.717, 1.165) is 16.7 Å². The van der Waals surface area contributed by atoms with Gasteiger partial charge in [0.15, 0.2) is 11.5 Å². The van der Waals surface area contributed by atoms with Gasteiger partial charge in [0.2, 0.25) is 5.91 Å². The fraction of sp³-hybridized carbons (Fsp3) is 0.120. The topological polar surface area (TPSA) is 76.7 Å². The van der Waals surface area contributed by atoms with E-state index >= 15 is 0 Å². The first-order valence-electron chi connectivity index (χ1n) is 9.72. The van der Waals surface area contributed by atoms with Gasteiger partial charge in [-0.3, -0.25) is 20.4 Å². The molecule has 0 aliphatic rings. The van der Waals surface area contributed by atoms with E-state index in [-0.39, 0.29) is 5.91 Å².